The minimum atomic E-state index is -0.368. The summed E-state index contributed by atoms with van der Waals surface area (Å²) in [7, 11) is 0. The van der Waals surface area contributed by atoms with E-state index in [1.165, 1.54) is 0 Å². The van der Waals surface area contributed by atoms with Gasteiger partial charge in [0.05, 0.1) is 11.9 Å². The van der Waals surface area contributed by atoms with E-state index in [4.69, 9.17) is 4.74 Å². The summed E-state index contributed by atoms with van der Waals surface area (Å²) in [6.07, 6.45) is 4.50. The number of pyridine rings is 1. The maximum atomic E-state index is 12.1. The second kappa shape index (κ2) is 8.25. The van der Waals surface area contributed by atoms with Crippen molar-refractivity contribution in [2.24, 2.45) is 0 Å². The van der Waals surface area contributed by atoms with Crippen LogP contribution in [0.1, 0.15) is 18.4 Å². The van der Waals surface area contributed by atoms with Crippen LogP contribution in [0.4, 0.5) is 16.2 Å². The Morgan fingerprint density at radius 3 is 2.80 bits per heavy atom. The third kappa shape index (κ3) is 5.02. The molecule has 1 unspecified atom stereocenters. The summed E-state index contributed by atoms with van der Waals surface area (Å²) in [4.78, 5) is 27.9. The van der Waals surface area contributed by atoms with Crippen LogP contribution in [0.15, 0.2) is 48.8 Å². The molecule has 1 aromatic heterocycles. The maximum Gasteiger partial charge on any atom is 0.319 e. The van der Waals surface area contributed by atoms with E-state index in [0.717, 1.165) is 18.4 Å². The number of anilines is 2. The summed E-state index contributed by atoms with van der Waals surface area (Å²) in [5, 5.41) is 8.32. The summed E-state index contributed by atoms with van der Waals surface area (Å²) in [6, 6.07) is 10.5. The molecule has 7 heteroatoms. The van der Waals surface area contributed by atoms with E-state index in [1.807, 2.05) is 24.3 Å². The molecule has 1 fully saturated rings. The number of amides is 3. The number of benzene rings is 1. The normalized spacial score (nSPS) is 16.2. The zero-order valence-corrected chi connectivity index (χ0v) is 13.7. The van der Waals surface area contributed by atoms with E-state index >= 15 is 0 Å². The van der Waals surface area contributed by atoms with Crippen molar-refractivity contribution < 1.29 is 14.3 Å². The maximum absolute atomic E-state index is 12.1. The lowest BCUT2D eigenvalue weighted by atomic mass is 10.2. The third-order valence-corrected chi connectivity index (χ3v) is 3.79. The van der Waals surface area contributed by atoms with Crippen molar-refractivity contribution in [3.05, 3.63) is 54.4 Å². The van der Waals surface area contributed by atoms with Gasteiger partial charge in [-0.15, -0.1) is 0 Å². The molecule has 1 aliphatic rings. The highest BCUT2D eigenvalue weighted by Gasteiger charge is 2.23. The van der Waals surface area contributed by atoms with Crippen LogP contribution in [-0.4, -0.2) is 29.6 Å². The predicted octanol–water partition coefficient (Wildman–Crippen LogP) is 2.52. The molecule has 0 saturated carbocycles. The molecular weight excluding hydrogens is 320 g/mol. The van der Waals surface area contributed by atoms with Crippen molar-refractivity contribution in [2.45, 2.75) is 25.5 Å². The summed E-state index contributed by atoms with van der Waals surface area (Å²) in [5.74, 6) is -0.128. The molecule has 7 nitrogen and oxygen atoms in total. The van der Waals surface area contributed by atoms with Gasteiger partial charge in [-0.3, -0.25) is 9.78 Å². The van der Waals surface area contributed by atoms with Crippen LogP contribution in [0.3, 0.4) is 0 Å². The van der Waals surface area contributed by atoms with E-state index in [-0.39, 0.29) is 18.0 Å². The molecule has 3 amide bonds. The van der Waals surface area contributed by atoms with Gasteiger partial charge >= 0.3 is 6.03 Å². The van der Waals surface area contributed by atoms with Gasteiger partial charge in [-0.25, -0.2) is 4.79 Å². The Labute approximate surface area is 145 Å². The Hall–Kier alpha value is -2.93. The van der Waals surface area contributed by atoms with Gasteiger partial charge in [0.1, 0.15) is 6.10 Å². The quantitative estimate of drug-likeness (QED) is 0.780. The second-order valence-corrected chi connectivity index (χ2v) is 5.74. The summed E-state index contributed by atoms with van der Waals surface area (Å²) < 4.78 is 5.37. The second-order valence-electron chi connectivity index (χ2n) is 5.74. The Balaban J connectivity index is 1.51. The SMILES string of the molecule is O=C(NCc1cccc(NC(=O)C2CCCO2)c1)Nc1cccnc1. The minimum Gasteiger partial charge on any atom is -0.368 e. The monoisotopic (exact) mass is 340 g/mol. The van der Waals surface area contributed by atoms with E-state index in [1.54, 1.807) is 24.5 Å². The van der Waals surface area contributed by atoms with Crippen molar-refractivity contribution in [3.63, 3.8) is 0 Å². The van der Waals surface area contributed by atoms with Crippen LogP contribution in [0.2, 0.25) is 0 Å². The topological polar surface area (TPSA) is 92.4 Å². The third-order valence-electron chi connectivity index (χ3n) is 3.79. The van der Waals surface area contributed by atoms with Crippen molar-refractivity contribution in [2.75, 3.05) is 17.2 Å². The first kappa shape index (κ1) is 16.9. The largest absolute Gasteiger partial charge is 0.368 e. The lowest BCUT2D eigenvalue weighted by Crippen LogP contribution is -2.28. The van der Waals surface area contributed by atoms with Crippen LogP contribution >= 0.6 is 0 Å². The molecule has 1 atom stereocenters. The molecule has 0 aliphatic carbocycles. The van der Waals surface area contributed by atoms with Gasteiger partial charge in [0, 0.05) is 25.0 Å². The number of nitrogens with zero attached hydrogens (tertiary/aromatic N) is 1. The van der Waals surface area contributed by atoms with Gasteiger partial charge in [0.25, 0.3) is 5.91 Å². The highest BCUT2D eigenvalue weighted by molar-refractivity contribution is 5.94. The van der Waals surface area contributed by atoms with Gasteiger partial charge in [0.2, 0.25) is 0 Å². The highest BCUT2D eigenvalue weighted by atomic mass is 16.5. The van der Waals surface area contributed by atoms with Crippen molar-refractivity contribution in [3.8, 4) is 0 Å². The average Bonchev–Trinajstić information content (AvgIpc) is 3.16. The van der Waals surface area contributed by atoms with Crippen LogP contribution in [-0.2, 0) is 16.1 Å². The minimum absolute atomic E-state index is 0.128. The first-order valence-electron chi connectivity index (χ1n) is 8.17. The first-order chi connectivity index (χ1) is 12.2. The van der Waals surface area contributed by atoms with E-state index in [2.05, 4.69) is 20.9 Å². The molecule has 0 radical (unpaired) electrons. The highest BCUT2D eigenvalue weighted by Crippen LogP contribution is 2.16. The van der Waals surface area contributed by atoms with Crippen LogP contribution < -0.4 is 16.0 Å². The number of carbonyl (C=O) groups is 2. The van der Waals surface area contributed by atoms with Crippen LogP contribution in [0.25, 0.3) is 0 Å². The van der Waals surface area contributed by atoms with Crippen molar-refractivity contribution in [1.29, 1.82) is 0 Å². The Bertz CT molecular complexity index is 730. The zero-order chi connectivity index (χ0) is 17.5. The standard InChI is InChI=1S/C18H20N4O3/c23-17(16-7-3-9-25-16)21-14-5-1-4-13(10-14)11-20-18(24)22-15-6-2-8-19-12-15/h1-2,4-6,8,10,12,16H,3,7,9,11H2,(H,21,23)(H2,20,22,24). The molecule has 1 aromatic carbocycles. The van der Waals surface area contributed by atoms with E-state index in [0.29, 0.717) is 24.5 Å². The molecule has 2 aromatic rings. The summed E-state index contributed by atoms with van der Waals surface area (Å²) in [5.41, 5.74) is 2.19. The number of ether oxygens (including phenoxy) is 1. The summed E-state index contributed by atoms with van der Waals surface area (Å²) in [6.45, 7) is 0.976. The number of hydrogen-bond acceptors (Lipinski definition) is 4. The first-order valence-corrected chi connectivity index (χ1v) is 8.17. The molecule has 3 N–H and O–H groups in total. The van der Waals surface area contributed by atoms with E-state index < -0.39 is 0 Å². The number of nitrogens with one attached hydrogen (secondary N) is 3. The Kier molecular flexibility index (Phi) is 5.58. The summed E-state index contributed by atoms with van der Waals surface area (Å²) >= 11 is 0. The lowest BCUT2D eigenvalue weighted by molar-refractivity contribution is -0.124. The Morgan fingerprint density at radius 2 is 2.04 bits per heavy atom. The number of carbonyl (C=O) groups excluding carboxylic acids is 2. The molecule has 0 bridgehead atoms. The molecule has 1 saturated heterocycles. The fourth-order valence-electron chi connectivity index (χ4n) is 2.56. The smallest absolute Gasteiger partial charge is 0.319 e. The molecule has 25 heavy (non-hydrogen) atoms. The number of aromatic nitrogens is 1. The van der Waals surface area contributed by atoms with Gasteiger partial charge in [-0.1, -0.05) is 12.1 Å². The van der Waals surface area contributed by atoms with Crippen molar-refractivity contribution >= 4 is 23.3 Å². The zero-order valence-electron chi connectivity index (χ0n) is 13.7. The average molecular weight is 340 g/mol. The van der Waals surface area contributed by atoms with Crippen LogP contribution in [0.5, 0.6) is 0 Å². The number of rotatable bonds is 5. The molecule has 3 rings (SSSR count). The molecule has 130 valence electrons. The Morgan fingerprint density at radius 1 is 1.16 bits per heavy atom. The van der Waals surface area contributed by atoms with Gasteiger partial charge in [0.15, 0.2) is 0 Å². The molecule has 1 aliphatic heterocycles. The number of urea groups is 1. The predicted molar refractivity (Wildman–Crippen MR) is 94.1 cm³/mol. The lowest BCUT2D eigenvalue weighted by Gasteiger charge is -2.12. The molecular formula is C18H20N4O3. The van der Waals surface area contributed by atoms with Crippen molar-refractivity contribution in [1.82, 2.24) is 10.3 Å². The molecule has 2 heterocycles. The van der Waals surface area contributed by atoms with Gasteiger partial charge in [-0.2, -0.15) is 0 Å². The van der Waals surface area contributed by atoms with Crippen LogP contribution in [0, 0.1) is 0 Å². The van der Waals surface area contributed by atoms with E-state index in [9.17, 15) is 9.59 Å². The molecule has 0 spiro atoms. The van der Waals surface area contributed by atoms with Gasteiger partial charge in [-0.05, 0) is 42.7 Å². The fourth-order valence-corrected chi connectivity index (χ4v) is 2.56. The fraction of sp³-hybridized carbons (Fsp3) is 0.278. The number of hydrogen-bond donors (Lipinski definition) is 3. The van der Waals surface area contributed by atoms with Gasteiger partial charge < -0.3 is 20.7 Å².